The summed E-state index contributed by atoms with van der Waals surface area (Å²) < 4.78 is 37.6. The predicted octanol–water partition coefficient (Wildman–Crippen LogP) is 3.19. The fraction of sp³-hybridized carbons (Fsp3) is 0.625. The summed E-state index contributed by atoms with van der Waals surface area (Å²) in [5.74, 6) is 1.17. The number of nitrogens with zero attached hydrogens (tertiary/aromatic N) is 3. The Kier molecular flexibility index (Phi) is 5.49. The molecule has 1 aromatic heterocycles. The normalized spacial score (nSPS) is 16.1. The summed E-state index contributed by atoms with van der Waals surface area (Å²) in [4.78, 5) is 19.7. The number of halogens is 3. The molecule has 0 N–H and O–H groups in total. The highest BCUT2D eigenvalue weighted by atomic mass is 19.4. The summed E-state index contributed by atoms with van der Waals surface area (Å²) in [7, 11) is 0. The van der Waals surface area contributed by atoms with Gasteiger partial charge in [0.25, 0.3) is 0 Å². The number of amides is 1. The molecule has 1 fully saturated rings. The van der Waals surface area contributed by atoms with Crippen LogP contribution in [0.25, 0.3) is 0 Å². The molecule has 2 heterocycles. The van der Waals surface area contributed by atoms with E-state index in [1.54, 1.807) is 0 Å². The first-order chi connectivity index (χ1) is 10.8. The molecule has 0 radical (unpaired) electrons. The zero-order valence-corrected chi connectivity index (χ0v) is 13.4. The van der Waals surface area contributed by atoms with Crippen molar-refractivity contribution in [1.82, 2.24) is 9.88 Å². The van der Waals surface area contributed by atoms with E-state index in [9.17, 15) is 18.0 Å². The van der Waals surface area contributed by atoms with E-state index in [0.717, 1.165) is 18.7 Å². The highest BCUT2D eigenvalue weighted by Crippen LogP contribution is 2.29. The SMILES string of the molecule is CC(C)CCC(=O)N1CCN(c2ccc(C(F)(F)F)cn2)CC1. The molecule has 128 valence electrons. The van der Waals surface area contributed by atoms with E-state index in [4.69, 9.17) is 0 Å². The van der Waals surface area contributed by atoms with Crippen molar-refractivity contribution in [2.45, 2.75) is 32.9 Å². The van der Waals surface area contributed by atoms with Crippen molar-refractivity contribution in [3.8, 4) is 0 Å². The van der Waals surface area contributed by atoms with Gasteiger partial charge in [0.1, 0.15) is 5.82 Å². The van der Waals surface area contributed by atoms with E-state index in [1.165, 1.54) is 6.07 Å². The van der Waals surface area contributed by atoms with Gasteiger partial charge in [0.2, 0.25) is 5.91 Å². The van der Waals surface area contributed by atoms with Crippen LogP contribution in [0.4, 0.5) is 19.0 Å². The van der Waals surface area contributed by atoms with Gasteiger partial charge < -0.3 is 9.80 Å². The van der Waals surface area contributed by atoms with Gasteiger partial charge >= 0.3 is 6.18 Å². The molecular weight excluding hydrogens is 307 g/mol. The first kappa shape index (κ1) is 17.6. The maximum absolute atomic E-state index is 12.5. The molecule has 1 amide bonds. The number of piperazine rings is 1. The lowest BCUT2D eigenvalue weighted by atomic mass is 10.1. The quantitative estimate of drug-likeness (QED) is 0.851. The number of pyridine rings is 1. The van der Waals surface area contributed by atoms with E-state index in [1.807, 2.05) is 9.80 Å². The number of carbonyl (C=O) groups excluding carboxylic acids is 1. The number of alkyl halides is 3. The Balaban J connectivity index is 1.88. The first-order valence-electron chi connectivity index (χ1n) is 7.83. The molecule has 23 heavy (non-hydrogen) atoms. The van der Waals surface area contributed by atoms with Gasteiger partial charge in [-0.25, -0.2) is 4.98 Å². The predicted molar refractivity (Wildman–Crippen MR) is 82.1 cm³/mol. The minimum atomic E-state index is -4.37. The van der Waals surface area contributed by atoms with Crippen molar-refractivity contribution < 1.29 is 18.0 Å². The number of rotatable bonds is 4. The Labute approximate surface area is 134 Å². The number of aromatic nitrogens is 1. The second-order valence-corrected chi connectivity index (χ2v) is 6.20. The lowest BCUT2D eigenvalue weighted by Crippen LogP contribution is -2.49. The molecule has 1 aliphatic rings. The number of hydrogen-bond acceptors (Lipinski definition) is 3. The molecule has 7 heteroatoms. The number of anilines is 1. The van der Waals surface area contributed by atoms with Gasteiger partial charge in [-0.2, -0.15) is 13.2 Å². The van der Waals surface area contributed by atoms with E-state index < -0.39 is 11.7 Å². The second-order valence-electron chi connectivity index (χ2n) is 6.20. The van der Waals surface area contributed by atoms with Crippen LogP contribution in [0.3, 0.4) is 0 Å². The van der Waals surface area contributed by atoms with Gasteiger partial charge in [-0.3, -0.25) is 4.79 Å². The van der Waals surface area contributed by atoms with E-state index >= 15 is 0 Å². The van der Waals surface area contributed by atoms with Crippen molar-refractivity contribution >= 4 is 11.7 Å². The first-order valence-corrected chi connectivity index (χ1v) is 7.83. The number of hydrogen-bond donors (Lipinski definition) is 0. The van der Waals surface area contributed by atoms with E-state index in [0.29, 0.717) is 44.3 Å². The van der Waals surface area contributed by atoms with Crippen LogP contribution in [-0.4, -0.2) is 42.0 Å². The molecule has 0 bridgehead atoms. The van der Waals surface area contributed by atoms with Crippen LogP contribution in [0.1, 0.15) is 32.3 Å². The highest BCUT2D eigenvalue weighted by molar-refractivity contribution is 5.76. The smallest absolute Gasteiger partial charge is 0.353 e. The lowest BCUT2D eigenvalue weighted by molar-refractivity contribution is -0.138. The Bertz CT molecular complexity index is 520. The molecule has 0 aromatic carbocycles. The zero-order valence-electron chi connectivity index (χ0n) is 13.4. The van der Waals surface area contributed by atoms with Gasteiger partial charge in [0.05, 0.1) is 5.56 Å². The van der Waals surface area contributed by atoms with Crippen LogP contribution in [0.15, 0.2) is 18.3 Å². The summed E-state index contributed by atoms with van der Waals surface area (Å²) in [6, 6.07) is 2.43. The zero-order chi connectivity index (χ0) is 17.0. The fourth-order valence-electron chi connectivity index (χ4n) is 2.50. The minimum Gasteiger partial charge on any atom is -0.353 e. The molecule has 1 aromatic rings. The lowest BCUT2D eigenvalue weighted by Gasteiger charge is -2.35. The van der Waals surface area contributed by atoms with Gasteiger partial charge in [0, 0.05) is 38.8 Å². The molecule has 0 atom stereocenters. The fourth-order valence-corrected chi connectivity index (χ4v) is 2.50. The van der Waals surface area contributed by atoms with Crippen molar-refractivity contribution in [3.63, 3.8) is 0 Å². The van der Waals surface area contributed by atoms with Gasteiger partial charge in [-0.15, -0.1) is 0 Å². The monoisotopic (exact) mass is 329 g/mol. The second kappa shape index (κ2) is 7.19. The topological polar surface area (TPSA) is 36.4 Å². The molecular formula is C16H22F3N3O. The van der Waals surface area contributed by atoms with Gasteiger partial charge in [-0.05, 0) is 24.5 Å². The summed E-state index contributed by atoms with van der Waals surface area (Å²) >= 11 is 0. The van der Waals surface area contributed by atoms with Crippen LogP contribution >= 0.6 is 0 Å². The Morgan fingerprint density at radius 1 is 1.22 bits per heavy atom. The average Bonchev–Trinajstić information content (AvgIpc) is 2.52. The van der Waals surface area contributed by atoms with Crippen molar-refractivity contribution in [1.29, 1.82) is 0 Å². The van der Waals surface area contributed by atoms with Gasteiger partial charge in [-0.1, -0.05) is 13.8 Å². The maximum atomic E-state index is 12.5. The molecule has 0 aliphatic carbocycles. The maximum Gasteiger partial charge on any atom is 0.417 e. The molecule has 1 saturated heterocycles. The summed E-state index contributed by atoms with van der Waals surface area (Å²) in [5.41, 5.74) is -0.747. The third kappa shape index (κ3) is 4.84. The third-order valence-electron chi connectivity index (χ3n) is 3.97. The largest absolute Gasteiger partial charge is 0.417 e. The summed E-state index contributed by atoms with van der Waals surface area (Å²) in [6.07, 6.45) is -2.09. The Morgan fingerprint density at radius 2 is 1.87 bits per heavy atom. The molecule has 0 saturated carbocycles. The van der Waals surface area contributed by atoms with E-state index in [-0.39, 0.29) is 5.91 Å². The van der Waals surface area contributed by atoms with Crippen LogP contribution in [0.2, 0.25) is 0 Å². The molecule has 1 aliphatic heterocycles. The third-order valence-corrected chi connectivity index (χ3v) is 3.97. The molecule has 2 rings (SSSR count). The highest BCUT2D eigenvalue weighted by Gasteiger charge is 2.31. The Hall–Kier alpha value is -1.79. The minimum absolute atomic E-state index is 0.152. The van der Waals surface area contributed by atoms with Crippen LogP contribution in [-0.2, 0) is 11.0 Å². The van der Waals surface area contributed by atoms with Crippen LogP contribution in [0.5, 0.6) is 0 Å². The van der Waals surface area contributed by atoms with Crippen molar-refractivity contribution in [2.24, 2.45) is 5.92 Å². The van der Waals surface area contributed by atoms with Gasteiger partial charge in [0.15, 0.2) is 0 Å². The Morgan fingerprint density at radius 3 is 2.35 bits per heavy atom. The molecule has 0 unspecified atom stereocenters. The standard InChI is InChI=1S/C16H22F3N3O/c1-12(2)3-6-15(23)22-9-7-21(8-10-22)14-5-4-13(11-20-14)16(17,18)19/h4-5,11-12H,3,6-10H2,1-2H3. The molecule has 4 nitrogen and oxygen atoms in total. The van der Waals surface area contributed by atoms with Crippen LogP contribution < -0.4 is 4.90 Å². The van der Waals surface area contributed by atoms with Crippen molar-refractivity contribution in [3.05, 3.63) is 23.9 Å². The van der Waals surface area contributed by atoms with E-state index in [2.05, 4.69) is 18.8 Å². The molecule has 0 spiro atoms. The van der Waals surface area contributed by atoms with Crippen molar-refractivity contribution in [2.75, 3.05) is 31.1 Å². The number of carbonyl (C=O) groups is 1. The van der Waals surface area contributed by atoms with Crippen LogP contribution in [0, 0.1) is 5.92 Å². The summed E-state index contributed by atoms with van der Waals surface area (Å²) in [5, 5.41) is 0. The average molecular weight is 329 g/mol. The summed E-state index contributed by atoms with van der Waals surface area (Å²) in [6.45, 7) is 6.51.